The molecule has 0 atom stereocenters. The van der Waals surface area contributed by atoms with E-state index >= 15 is 0 Å². The van der Waals surface area contributed by atoms with Gasteiger partial charge in [0.15, 0.2) is 4.24 Å². The van der Waals surface area contributed by atoms with Gasteiger partial charge in [-0.1, -0.05) is 24.8 Å². The van der Waals surface area contributed by atoms with Crippen LogP contribution in [0.4, 0.5) is 26.3 Å². The molecule has 116 valence electrons. The van der Waals surface area contributed by atoms with Crippen molar-refractivity contribution in [2.45, 2.75) is 11.0 Å². The fourth-order valence-corrected chi connectivity index (χ4v) is 3.46. The lowest BCUT2D eigenvalue weighted by Crippen LogP contribution is -2.34. The van der Waals surface area contributed by atoms with E-state index in [1.165, 1.54) is 0 Å². The fraction of sp³-hybridized carbons (Fsp3) is 0.250. The Bertz CT molecular complexity index is 587. The van der Waals surface area contributed by atoms with E-state index in [0.717, 1.165) is 12.2 Å². The Morgan fingerprint density at radius 1 is 0.800 bits per heavy atom. The molecule has 0 aliphatic rings. The quantitative estimate of drug-likeness (QED) is 0.580. The summed E-state index contributed by atoms with van der Waals surface area (Å²) in [5.74, 6) is 0. The molecule has 0 aromatic heterocycles. The van der Waals surface area contributed by atoms with Crippen molar-refractivity contribution >= 4 is 19.7 Å². The summed E-state index contributed by atoms with van der Waals surface area (Å²) in [7, 11) is -13.4. The van der Waals surface area contributed by atoms with E-state index in [1.807, 2.05) is 0 Å². The lowest BCUT2D eigenvalue weighted by molar-refractivity contribution is -0.0444. The first-order chi connectivity index (χ1) is 8.69. The molecule has 0 aromatic rings. The van der Waals surface area contributed by atoms with Crippen molar-refractivity contribution in [3.05, 3.63) is 35.1 Å². The van der Waals surface area contributed by atoms with Crippen LogP contribution in [0.2, 0.25) is 0 Å². The van der Waals surface area contributed by atoms with Crippen LogP contribution in [0.1, 0.15) is 0 Å². The zero-order valence-corrected chi connectivity index (χ0v) is 10.9. The Morgan fingerprint density at radius 3 is 1.40 bits per heavy atom. The highest BCUT2D eigenvalue weighted by Crippen LogP contribution is 2.38. The van der Waals surface area contributed by atoms with Crippen LogP contribution >= 0.6 is 0 Å². The Hall–Kier alpha value is -1.30. The molecule has 4 nitrogen and oxygen atoms in total. The van der Waals surface area contributed by atoms with Crippen molar-refractivity contribution in [3.63, 3.8) is 0 Å². The van der Waals surface area contributed by atoms with Gasteiger partial charge in [-0.15, -0.1) is 0 Å². The van der Waals surface area contributed by atoms with E-state index in [-0.39, 0.29) is 6.08 Å². The van der Waals surface area contributed by atoms with Crippen molar-refractivity contribution in [2.24, 2.45) is 0 Å². The summed E-state index contributed by atoms with van der Waals surface area (Å²) < 4.78 is 114. The molecule has 0 N–H and O–H groups in total. The first-order valence-corrected chi connectivity index (χ1v) is 7.28. The molecule has 0 amide bonds. The molecule has 0 aromatic carbocycles. The summed E-state index contributed by atoms with van der Waals surface area (Å²) in [5.41, 5.74) is -12.4. The fourth-order valence-electron chi connectivity index (χ4n) is 0.764. The summed E-state index contributed by atoms with van der Waals surface area (Å²) in [6, 6.07) is 0. The third-order valence-electron chi connectivity index (χ3n) is 1.62. The van der Waals surface area contributed by atoms with Gasteiger partial charge >= 0.3 is 11.0 Å². The highest BCUT2D eigenvalue weighted by atomic mass is 32.3. The SMILES string of the molecule is C=CC=CC=C(S(=O)(=O)C(F)(F)F)S(=O)(=O)C(F)(F)F. The maximum Gasteiger partial charge on any atom is 0.502 e. The molecule has 0 radical (unpaired) electrons. The summed E-state index contributed by atoms with van der Waals surface area (Å²) in [6.45, 7) is 3.02. The molecular formula is C8H6F6O4S2. The van der Waals surface area contributed by atoms with Gasteiger partial charge in [-0.3, -0.25) is 0 Å². The normalized spacial score (nSPS) is 14.3. The van der Waals surface area contributed by atoms with Crippen molar-refractivity contribution in [2.75, 3.05) is 0 Å². The maximum absolute atomic E-state index is 12.2. The van der Waals surface area contributed by atoms with E-state index in [2.05, 4.69) is 6.58 Å². The molecule has 20 heavy (non-hydrogen) atoms. The molecule has 0 fully saturated rings. The van der Waals surface area contributed by atoms with Crippen LogP contribution in [-0.2, 0) is 19.7 Å². The smallest absolute Gasteiger partial charge is 0.214 e. The third-order valence-corrected chi connectivity index (χ3v) is 5.49. The van der Waals surface area contributed by atoms with Crippen LogP contribution in [0.3, 0.4) is 0 Å². The molecule has 0 saturated heterocycles. The number of hydrogen-bond donors (Lipinski definition) is 0. The lowest BCUT2D eigenvalue weighted by atomic mass is 10.5. The average molecular weight is 344 g/mol. The van der Waals surface area contributed by atoms with Gasteiger partial charge in [0.25, 0.3) is 19.7 Å². The van der Waals surface area contributed by atoms with Gasteiger partial charge in [-0.2, -0.15) is 26.3 Å². The zero-order valence-electron chi connectivity index (χ0n) is 9.23. The summed E-state index contributed by atoms with van der Waals surface area (Å²) in [6.07, 6.45) is 1.69. The summed E-state index contributed by atoms with van der Waals surface area (Å²) in [4.78, 5) is 0. The molecule has 12 heteroatoms. The number of halogens is 6. The van der Waals surface area contributed by atoms with Crippen LogP contribution in [0.25, 0.3) is 0 Å². The Labute approximate surface area is 109 Å². The minimum Gasteiger partial charge on any atom is -0.214 e. The van der Waals surface area contributed by atoms with Gasteiger partial charge in [0.2, 0.25) is 0 Å². The molecule has 0 unspecified atom stereocenters. The Kier molecular flexibility index (Phi) is 5.23. The van der Waals surface area contributed by atoms with Crippen molar-refractivity contribution in [1.82, 2.24) is 0 Å². The Morgan fingerprint density at radius 2 is 1.15 bits per heavy atom. The van der Waals surface area contributed by atoms with E-state index < -0.39 is 34.9 Å². The molecular weight excluding hydrogens is 338 g/mol. The van der Waals surface area contributed by atoms with Crippen LogP contribution in [0, 0.1) is 0 Å². The second kappa shape index (κ2) is 5.60. The highest BCUT2D eigenvalue weighted by molar-refractivity contribution is 8.15. The first kappa shape index (κ1) is 18.7. The number of sulfone groups is 2. The predicted molar refractivity (Wildman–Crippen MR) is 57.4 cm³/mol. The monoisotopic (exact) mass is 344 g/mol. The largest absolute Gasteiger partial charge is 0.502 e. The topological polar surface area (TPSA) is 68.3 Å². The van der Waals surface area contributed by atoms with Gasteiger partial charge in [-0.05, 0) is 6.08 Å². The summed E-state index contributed by atoms with van der Waals surface area (Å²) >= 11 is 0. The van der Waals surface area contributed by atoms with Gasteiger partial charge in [0, 0.05) is 0 Å². The van der Waals surface area contributed by atoms with Crippen molar-refractivity contribution in [1.29, 1.82) is 0 Å². The number of rotatable bonds is 4. The van der Waals surface area contributed by atoms with E-state index in [4.69, 9.17) is 0 Å². The maximum atomic E-state index is 12.2. The lowest BCUT2D eigenvalue weighted by Gasteiger charge is -2.13. The van der Waals surface area contributed by atoms with Crippen LogP contribution in [0.15, 0.2) is 35.1 Å². The van der Waals surface area contributed by atoms with Crippen molar-refractivity contribution in [3.8, 4) is 0 Å². The Balaban J connectivity index is 6.42. The van der Waals surface area contributed by atoms with Crippen LogP contribution < -0.4 is 0 Å². The van der Waals surface area contributed by atoms with Gasteiger partial charge in [-0.25, -0.2) is 16.8 Å². The van der Waals surface area contributed by atoms with Crippen molar-refractivity contribution < 1.29 is 43.2 Å². The van der Waals surface area contributed by atoms with E-state index in [0.29, 0.717) is 6.08 Å². The number of hydrogen-bond acceptors (Lipinski definition) is 4. The second-order valence-corrected chi connectivity index (χ2v) is 7.08. The molecule has 0 saturated carbocycles. The molecule has 0 bridgehead atoms. The van der Waals surface area contributed by atoms with Gasteiger partial charge in [0.1, 0.15) is 0 Å². The van der Waals surface area contributed by atoms with E-state index in [1.54, 1.807) is 0 Å². The van der Waals surface area contributed by atoms with Crippen LogP contribution in [-0.4, -0.2) is 27.9 Å². The highest BCUT2D eigenvalue weighted by Gasteiger charge is 2.59. The summed E-state index contributed by atoms with van der Waals surface area (Å²) in [5, 5.41) is 0. The predicted octanol–water partition coefficient (Wildman–Crippen LogP) is 2.44. The molecule has 0 aliphatic heterocycles. The molecule has 0 rings (SSSR count). The second-order valence-electron chi connectivity index (χ2n) is 3.00. The number of alkyl halides is 6. The number of allylic oxidation sites excluding steroid dienone is 4. The zero-order chi connectivity index (χ0) is 16.4. The van der Waals surface area contributed by atoms with Crippen LogP contribution in [0.5, 0.6) is 0 Å². The minimum atomic E-state index is -6.69. The standard InChI is InChI=1S/C8H6F6O4S2/c1-2-3-4-5-6(19(15,16)7(9,10)11)20(17,18)8(12,13)14/h2-5H,1H2. The third kappa shape index (κ3) is 3.62. The molecule has 0 aliphatic carbocycles. The van der Waals surface area contributed by atoms with E-state index in [9.17, 15) is 43.2 Å². The van der Waals surface area contributed by atoms with Gasteiger partial charge in [0.05, 0.1) is 0 Å². The molecule has 0 heterocycles. The first-order valence-electron chi connectivity index (χ1n) is 4.31. The van der Waals surface area contributed by atoms with Gasteiger partial charge < -0.3 is 0 Å². The minimum absolute atomic E-state index is 0.312. The molecule has 0 spiro atoms. The average Bonchev–Trinajstić information content (AvgIpc) is 2.20.